The van der Waals surface area contributed by atoms with Gasteiger partial charge in [-0.15, -0.1) is 0 Å². The predicted octanol–water partition coefficient (Wildman–Crippen LogP) is 4.28. The molecule has 2 rings (SSSR count). The van der Waals surface area contributed by atoms with Gasteiger partial charge in [0.1, 0.15) is 5.75 Å². The minimum Gasteiger partial charge on any atom is -0.482 e. The normalized spacial score (nSPS) is 18.8. The first-order valence-corrected chi connectivity index (χ1v) is 10.9. The van der Waals surface area contributed by atoms with Crippen LogP contribution < -0.4 is 4.74 Å². The van der Waals surface area contributed by atoms with Gasteiger partial charge in [0.15, 0.2) is 20.2 Å². The van der Waals surface area contributed by atoms with E-state index in [-0.39, 0.29) is 16.9 Å². The van der Waals surface area contributed by atoms with Crippen LogP contribution in [0, 0.1) is 6.92 Å². The molecule has 0 saturated carbocycles. The molecule has 1 aliphatic rings. The fourth-order valence-electron chi connectivity index (χ4n) is 2.34. The number of ether oxygens (including phenoxy) is 1. The summed E-state index contributed by atoms with van der Waals surface area (Å²) >= 11 is 0. The summed E-state index contributed by atoms with van der Waals surface area (Å²) in [5.74, 6) is 1.01. The highest BCUT2D eigenvalue weighted by molar-refractivity contribution is 6.74. The standard InChI is InChI=1S/C18H28O3Si/c1-13-7-8-16-14(11-13)12-15(19)17(21-16)9-10-20-22(5,6)18(2,3)4/h7-8,11,17H,9-10,12H2,1-6H3/t17-/m0/s1. The fourth-order valence-corrected chi connectivity index (χ4v) is 3.40. The van der Waals surface area contributed by atoms with E-state index in [4.69, 9.17) is 9.16 Å². The lowest BCUT2D eigenvalue weighted by Gasteiger charge is -2.36. The van der Waals surface area contributed by atoms with Crippen LogP contribution in [0.5, 0.6) is 5.75 Å². The van der Waals surface area contributed by atoms with Gasteiger partial charge in [0.05, 0.1) is 0 Å². The highest BCUT2D eigenvalue weighted by atomic mass is 28.4. The molecule has 0 unspecified atom stereocenters. The zero-order valence-corrected chi connectivity index (χ0v) is 15.7. The summed E-state index contributed by atoms with van der Waals surface area (Å²) in [7, 11) is -1.76. The maximum absolute atomic E-state index is 12.3. The number of carbonyl (C=O) groups is 1. The lowest BCUT2D eigenvalue weighted by atomic mass is 9.98. The summed E-state index contributed by atoms with van der Waals surface area (Å²) in [6.07, 6.45) is 0.750. The van der Waals surface area contributed by atoms with Crippen molar-refractivity contribution >= 4 is 14.1 Å². The molecule has 22 heavy (non-hydrogen) atoms. The van der Waals surface area contributed by atoms with Gasteiger partial charge in [-0.1, -0.05) is 38.5 Å². The first kappa shape index (κ1) is 17.2. The molecule has 0 aliphatic carbocycles. The van der Waals surface area contributed by atoms with Gasteiger partial charge in [0.2, 0.25) is 0 Å². The molecule has 0 N–H and O–H groups in total. The number of Topliss-reactive ketones (excluding diaryl/α,β-unsaturated/α-hetero) is 1. The van der Waals surface area contributed by atoms with Crippen molar-refractivity contribution < 1.29 is 14.0 Å². The van der Waals surface area contributed by atoms with E-state index in [9.17, 15) is 4.79 Å². The van der Waals surface area contributed by atoms with Crippen molar-refractivity contribution in [1.82, 2.24) is 0 Å². The molecule has 3 nitrogen and oxygen atoms in total. The Kier molecular flexibility index (Phi) is 4.83. The Balaban J connectivity index is 1.95. The number of hydrogen-bond acceptors (Lipinski definition) is 3. The molecule has 0 amide bonds. The Labute approximate surface area is 135 Å². The molecule has 122 valence electrons. The maximum Gasteiger partial charge on any atom is 0.191 e. The van der Waals surface area contributed by atoms with E-state index in [1.54, 1.807) is 0 Å². The van der Waals surface area contributed by atoms with Crippen molar-refractivity contribution in [2.45, 2.75) is 64.8 Å². The Morgan fingerprint density at radius 3 is 2.64 bits per heavy atom. The summed E-state index contributed by atoms with van der Waals surface area (Å²) in [5.41, 5.74) is 2.17. The van der Waals surface area contributed by atoms with E-state index < -0.39 is 8.32 Å². The summed E-state index contributed by atoms with van der Waals surface area (Å²) in [5, 5.41) is 0.189. The first-order chi connectivity index (χ1) is 10.1. The molecule has 0 fully saturated rings. The summed E-state index contributed by atoms with van der Waals surface area (Å²) < 4.78 is 12.0. The number of hydrogen-bond donors (Lipinski definition) is 0. The summed E-state index contributed by atoms with van der Waals surface area (Å²) in [4.78, 5) is 12.3. The Hall–Kier alpha value is -1.13. The van der Waals surface area contributed by atoms with Gasteiger partial charge >= 0.3 is 0 Å². The molecule has 0 spiro atoms. The number of ketones is 1. The lowest BCUT2D eigenvalue weighted by molar-refractivity contribution is -0.127. The monoisotopic (exact) mass is 320 g/mol. The minimum atomic E-state index is -1.76. The number of carbonyl (C=O) groups excluding carboxylic acids is 1. The Morgan fingerprint density at radius 1 is 1.32 bits per heavy atom. The molecule has 1 aromatic rings. The third kappa shape index (κ3) is 3.79. The van der Waals surface area contributed by atoms with Crippen molar-refractivity contribution in [3.05, 3.63) is 29.3 Å². The molecule has 0 bridgehead atoms. The SMILES string of the molecule is Cc1ccc2c(c1)CC(=O)[C@H](CCO[Si](C)(C)C(C)(C)C)O2. The second-order valence-corrected chi connectivity index (χ2v) is 12.6. The van der Waals surface area contributed by atoms with Gasteiger partial charge in [-0.05, 0) is 31.1 Å². The highest BCUT2D eigenvalue weighted by Crippen LogP contribution is 2.36. The van der Waals surface area contributed by atoms with Crippen LogP contribution >= 0.6 is 0 Å². The molecule has 1 atom stereocenters. The van der Waals surface area contributed by atoms with Crippen molar-refractivity contribution in [2.75, 3.05) is 6.61 Å². The van der Waals surface area contributed by atoms with Gasteiger partial charge in [-0.3, -0.25) is 4.79 Å². The maximum atomic E-state index is 12.3. The van der Waals surface area contributed by atoms with Crippen LogP contribution in [0.1, 0.15) is 38.3 Å². The van der Waals surface area contributed by atoms with E-state index in [1.807, 2.05) is 25.1 Å². The minimum absolute atomic E-state index is 0.164. The molecule has 0 aromatic heterocycles. The van der Waals surface area contributed by atoms with Crippen LogP contribution in [-0.2, 0) is 15.6 Å². The number of benzene rings is 1. The van der Waals surface area contributed by atoms with E-state index in [0.29, 0.717) is 19.4 Å². The van der Waals surface area contributed by atoms with Gasteiger partial charge < -0.3 is 9.16 Å². The van der Waals surface area contributed by atoms with Gasteiger partial charge in [-0.25, -0.2) is 0 Å². The zero-order valence-electron chi connectivity index (χ0n) is 14.7. The molecular formula is C18H28O3Si. The number of aryl methyl sites for hydroxylation is 1. The van der Waals surface area contributed by atoms with E-state index in [2.05, 4.69) is 33.9 Å². The largest absolute Gasteiger partial charge is 0.482 e. The van der Waals surface area contributed by atoms with E-state index in [0.717, 1.165) is 16.9 Å². The third-order valence-electron chi connectivity index (χ3n) is 4.86. The average molecular weight is 321 g/mol. The van der Waals surface area contributed by atoms with Crippen LogP contribution in [-0.4, -0.2) is 26.8 Å². The highest BCUT2D eigenvalue weighted by Gasteiger charge is 2.37. The molecular weight excluding hydrogens is 292 g/mol. The van der Waals surface area contributed by atoms with Crippen LogP contribution in [0.25, 0.3) is 0 Å². The van der Waals surface area contributed by atoms with Crippen LogP contribution in [0.15, 0.2) is 18.2 Å². The van der Waals surface area contributed by atoms with Crippen LogP contribution in [0.3, 0.4) is 0 Å². The molecule has 0 radical (unpaired) electrons. The van der Waals surface area contributed by atoms with Gasteiger partial charge in [0, 0.05) is 25.0 Å². The fraction of sp³-hybridized carbons (Fsp3) is 0.611. The third-order valence-corrected chi connectivity index (χ3v) is 9.40. The Bertz CT molecular complexity index is 558. The summed E-state index contributed by atoms with van der Waals surface area (Å²) in [6.45, 7) is 13.8. The molecule has 4 heteroatoms. The van der Waals surface area contributed by atoms with E-state index in [1.165, 1.54) is 0 Å². The topological polar surface area (TPSA) is 35.5 Å². The molecule has 1 aromatic carbocycles. The Morgan fingerprint density at radius 2 is 2.00 bits per heavy atom. The predicted molar refractivity (Wildman–Crippen MR) is 92.1 cm³/mol. The second kappa shape index (κ2) is 6.17. The first-order valence-electron chi connectivity index (χ1n) is 8.03. The lowest BCUT2D eigenvalue weighted by Crippen LogP contribution is -2.42. The van der Waals surface area contributed by atoms with Crippen LogP contribution in [0.2, 0.25) is 18.1 Å². The van der Waals surface area contributed by atoms with Crippen molar-refractivity contribution in [2.24, 2.45) is 0 Å². The smallest absolute Gasteiger partial charge is 0.191 e. The summed E-state index contributed by atoms with van der Waals surface area (Å²) in [6, 6.07) is 6.03. The number of rotatable bonds is 4. The van der Waals surface area contributed by atoms with Crippen LogP contribution in [0.4, 0.5) is 0 Å². The molecule has 1 heterocycles. The van der Waals surface area contributed by atoms with E-state index >= 15 is 0 Å². The van der Waals surface area contributed by atoms with Crippen molar-refractivity contribution in [1.29, 1.82) is 0 Å². The quantitative estimate of drug-likeness (QED) is 0.777. The van der Waals surface area contributed by atoms with Crippen molar-refractivity contribution in [3.8, 4) is 5.75 Å². The van der Waals surface area contributed by atoms with Gasteiger partial charge in [-0.2, -0.15) is 0 Å². The van der Waals surface area contributed by atoms with Crippen molar-refractivity contribution in [3.63, 3.8) is 0 Å². The molecule has 0 saturated heterocycles. The van der Waals surface area contributed by atoms with Gasteiger partial charge in [0.25, 0.3) is 0 Å². The number of fused-ring (bicyclic) bond motifs is 1. The average Bonchev–Trinajstić information content (AvgIpc) is 2.38. The molecule has 1 aliphatic heterocycles. The second-order valence-electron chi connectivity index (χ2n) is 7.76. The zero-order chi connectivity index (χ0) is 16.5.